The van der Waals surface area contributed by atoms with Crippen molar-refractivity contribution in [1.82, 2.24) is 9.97 Å². The molecule has 1 saturated carbocycles. The summed E-state index contributed by atoms with van der Waals surface area (Å²) in [4.78, 5) is 19.2. The maximum Gasteiger partial charge on any atom is 0.251 e. The van der Waals surface area contributed by atoms with Gasteiger partial charge in [-0.15, -0.1) is 0 Å². The molecule has 0 aliphatic heterocycles. The minimum atomic E-state index is -0.0530. The van der Waals surface area contributed by atoms with E-state index in [-0.39, 0.29) is 5.56 Å². The first-order valence-corrected chi connectivity index (χ1v) is 6.32. The van der Waals surface area contributed by atoms with E-state index in [2.05, 4.69) is 28.2 Å². The Kier molecular flexibility index (Phi) is 2.54. The first-order chi connectivity index (χ1) is 8.63. The van der Waals surface area contributed by atoms with Gasteiger partial charge in [0.15, 0.2) is 0 Å². The van der Waals surface area contributed by atoms with Crippen molar-refractivity contribution in [3.05, 3.63) is 51.4 Å². The number of rotatable bonds is 2. The van der Waals surface area contributed by atoms with Gasteiger partial charge in [0, 0.05) is 17.5 Å². The minimum Gasteiger partial charge on any atom is -0.307 e. The summed E-state index contributed by atoms with van der Waals surface area (Å²) in [6.07, 6.45) is 2.31. The topological polar surface area (TPSA) is 45.8 Å². The van der Waals surface area contributed by atoms with E-state index in [9.17, 15) is 4.79 Å². The highest BCUT2D eigenvalue weighted by Crippen LogP contribution is 2.38. The molecule has 1 aromatic heterocycles. The molecule has 3 rings (SSSR count). The van der Waals surface area contributed by atoms with Crippen molar-refractivity contribution in [2.45, 2.75) is 32.6 Å². The normalized spacial score (nSPS) is 14.8. The second kappa shape index (κ2) is 4.09. The molecule has 0 radical (unpaired) electrons. The average molecular weight is 240 g/mol. The van der Waals surface area contributed by atoms with Gasteiger partial charge < -0.3 is 4.98 Å². The van der Waals surface area contributed by atoms with Crippen LogP contribution < -0.4 is 5.56 Å². The van der Waals surface area contributed by atoms with Gasteiger partial charge in [0.1, 0.15) is 5.82 Å². The molecule has 92 valence electrons. The fourth-order valence-electron chi connectivity index (χ4n) is 2.18. The first kappa shape index (κ1) is 11.2. The van der Waals surface area contributed by atoms with E-state index < -0.39 is 0 Å². The van der Waals surface area contributed by atoms with Crippen LogP contribution in [0.5, 0.6) is 0 Å². The molecule has 0 amide bonds. The number of aromatic nitrogens is 2. The zero-order valence-corrected chi connectivity index (χ0v) is 10.7. The third-order valence-corrected chi connectivity index (χ3v) is 3.41. The molecule has 3 heteroatoms. The molecule has 3 nitrogen and oxygen atoms in total. The highest BCUT2D eigenvalue weighted by atomic mass is 16.1. The van der Waals surface area contributed by atoms with E-state index >= 15 is 0 Å². The molecule has 0 saturated heterocycles. The van der Waals surface area contributed by atoms with E-state index in [1.807, 2.05) is 13.8 Å². The van der Waals surface area contributed by atoms with Crippen molar-refractivity contribution in [1.29, 1.82) is 0 Å². The molecule has 1 aliphatic rings. The summed E-state index contributed by atoms with van der Waals surface area (Å²) in [5.41, 5.74) is 4.22. The number of nitrogens with zero attached hydrogens (tertiary/aromatic N) is 1. The van der Waals surface area contributed by atoms with Crippen LogP contribution in [0.2, 0.25) is 0 Å². The maximum absolute atomic E-state index is 11.7. The number of aryl methyl sites for hydroxylation is 2. The van der Waals surface area contributed by atoms with Gasteiger partial charge in [0.25, 0.3) is 5.56 Å². The first-order valence-electron chi connectivity index (χ1n) is 6.32. The largest absolute Gasteiger partial charge is 0.307 e. The van der Waals surface area contributed by atoms with Crippen LogP contribution in [0, 0.1) is 13.8 Å². The highest BCUT2D eigenvalue weighted by Gasteiger charge is 2.26. The summed E-state index contributed by atoms with van der Waals surface area (Å²) in [6.45, 7) is 4.09. The summed E-state index contributed by atoms with van der Waals surface area (Å²) in [6, 6.07) is 7.84. The minimum absolute atomic E-state index is 0.0530. The van der Waals surface area contributed by atoms with Crippen molar-refractivity contribution in [2.24, 2.45) is 0 Å². The van der Waals surface area contributed by atoms with Crippen LogP contribution in [0.3, 0.4) is 0 Å². The Morgan fingerprint density at radius 3 is 2.72 bits per heavy atom. The molecular formula is C15H16N2O. The monoisotopic (exact) mass is 240 g/mol. The van der Waals surface area contributed by atoms with Crippen molar-refractivity contribution < 1.29 is 0 Å². The number of hydrogen-bond acceptors (Lipinski definition) is 2. The fraction of sp³-hybridized carbons (Fsp3) is 0.333. The molecule has 1 fully saturated rings. The standard InChI is InChI=1S/C15H16N2O/c1-9-3-4-10(2)12(7-9)15-16-13(11-5-6-11)8-14(18)17-15/h3-4,7-8,11H,5-6H2,1-2H3,(H,16,17,18). The molecule has 0 atom stereocenters. The van der Waals surface area contributed by atoms with Gasteiger partial charge in [-0.3, -0.25) is 4.79 Å². The molecule has 0 unspecified atom stereocenters. The molecule has 1 N–H and O–H groups in total. The smallest absolute Gasteiger partial charge is 0.251 e. The van der Waals surface area contributed by atoms with Gasteiger partial charge in [-0.25, -0.2) is 4.98 Å². The summed E-state index contributed by atoms with van der Waals surface area (Å²) in [5, 5.41) is 0. The number of hydrogen-bond donors (Lipinski definition) is 1. The molecule has 1 heterocycles. The summed E-state index contributed by atoms with van der Waals surface area (Å²) in [5.74, 6) is 1.20. The van der Waals surface area contributed by atoms with Gasteiger partial charge >= 0.3 is 0 Å². The highest BCUT2D eigenvalue weighted by molar-refractivity contribution is 5.61. The van der Waals surface area contributed by atoms with Crippen LogP contribution in [-0.2, 0) is 0 Å². The quantitative estimate of drug-likeness (QED) is 0.877. The third kappa shape index (κ3) is 2.08. The second-order valence-corrected chi connectivity index (χ2v) is 5.11. The van der Waals surface area contributed by atoms with Crippen molar-refractivity contribution in [2.75, 3.05) is 0 Å². The Balaban J connectivity index is 2.15. The van der Waals surface area contributed by atoms with Crippen LogP contribution in [0.1, 0.15) is 35.6 Å². The van der Waals surface area contributed by atoms with Crippen molar-refractivity contribution >= 4 is 0 Å². The Morgan fingerprint density at radius 2 is 2.00 bits per heavy atom. The van der Waals surface area contributed by atoms with Gasteiger partial charge in [-0.1, -0.05) is 17.7 Å². The molecule has 1 aliphatic carbocycles. The molecule has 18 heavy (non-hydrogen) atoms. The number of benzene rings is 1. The Labute approximate surface area is 106 Å². The van der Waals surface area contributed by atoms with Gasteiger partial charge in [-0.05, 0) is 38.3 Å². The lowest BCUT2D eigenvalue weighted by atomic mass is 10.0. The summed E-state index contributed by atoms with van der Waals surface area (Å²) >= 11 is 0. The Bertz CT molecular complexity index is 654. The van der Waals surface area contributed by atoms with Crippen molar-refractivity contribution in [3.63, 3.8) is 0 Å². The molecule has 2 aromatic rings. The van der Waals surface area contributed by atoms with Crippen molar-refractivity contribution in [3.8, 4) is 11.4 Å². The molecular weight excluding hydrogens is 224 g/mol. The van der Waals surface area contributed by atoms with Crippen LogP contribution in [0.25, 0.3) is 11.4 Å². The maximum atomic E-state index is 11.7. The lowest BCUT2D eigenvalue weighted by Crippen LogP contribution is -2.10. The molecule has 0 bridgehead atoms. The lowest BCUT2D eigenvalue weighted by molar-refractivity contribution is 0.975. The zero-order valence-electron chi connectivity index (χ0n) is 10.7. The predicted molar refractivity (Wildman–Crippen MR) is 71.7 cm³/mol. The molecule has 1 aromatic carbocycles. The Morgan fingerprint density at radius 1 is 1.22 bits per heavy atom. The SMILES string of the molecule is Cc1ccc(C)c(-c2nc(C3CC3)cc(=O)[nH]2)c1. The van der Waals surface area contributed by atoms with Gasteiger partial charge in [0.05, 0.1) is 5.69 Å². The Hall–Kier alpha value is -1.90. The van der Waals surface area contributed by atoms with E-state index in [0.29, 0.717) is 11.7 Å². The lowest BCUT2D eigenvalue weighted by Gasteiger charge is -2.07. The van der Waals surface area contributed by atoms with Crippen LogP contribution >= 0.6 is 0 Å². The van der Waals surface area contributed by atoms with Crippen LogP contribution in [0.15, 0.2) is 29.1 Å². The zero-order chi connectivity index (χ0) is 12.7. The predicted octanol–water partition coefficient (Wildman–Crippen LogP) is 2.93. The van der Waals surface area contributed by atoms with E-state index in [1.165, 1.54) is 5.56 Å². The fourth-order valence-corrected chi connectivity index (χ4v) is 2.18. The van der Waals surface area contributed by atoms with Gasteiger partial charge in [0.2, 0.25) is 0 Å². The van der Waals surface area contributed by atoms with E-state index in [0.717, 1.165) is 29.7 Å². The number of aromatic amines is 1. The average Bonchev–Trinajstić information content (AvgIpc) is 3.15. The van der Waals surface area contributed by atoms with E-state index in [1.54, 1.807) is 6.07 Å². The number of nitrogens with one attached hydrogen (secondary N) is 1. The van der Waals surface area contributed by atoms with Crippen LogP contribution in [-0.4, -0.2) is 9.97 Å². The summed E-state index contributed by atoms with van der Waals surface area (Å²) in [7, 11) is 0. The third-order valence-electron chi connectivity index (χ3n) is 3.41. The second-order valence-electron chi connectivity index (χ2n) is 5.11. The van der Waals surface area contributed by atoms with Gasteiger partial charge in [-0.2, -0.15) is 0 Å². The summed E-state index contributed by atoms with van der Waals surface area (Å²) < 4.78 is 0. The van der Waals surface area contributed by atoms with E-state index in [4.69, 9.17) is 0 Å². The number of H-pyrrole nitrogens is 1. The molecule has 0 spiro atoms. The van der Waals surface area contributed by atoms with Crippen LogP contribution in [0.4, 0.5) is 0 Å².